The Balaban J connectivity index is 2.09. The van der Waals surface area contributed by atoms with Crippen LogP contribution in [-0.4, -0.2) is 27.0 Å². The van der Waals surface area contributed by atoms with Gasteiger partial charge in [-0.05, 0) is 19.8 Å². The maximum absolute atomic E-state index is 6.06. The van der Waals surface area contributed by atoms with Crippen molar-refractivity contribution < 1.29 is 4.74 Å². The molecular formula is C9H16N4O. The van der Waals surface area contributed by atoms with E-state index in [-0.39, 0.29) is 12.1 Å². The zero-order valence-electron chi connectivity index (χ0n) is 8.55. The monoisotopic (exact) mass is 196 g/mol. The number of hydrogen-bond acceptors (Lipinski definition) is 4. The molecule has 1 fully saturated rings. The third kappa shape index (κ3) is 1.65. The van der Waals surface area contributed by atoms with Crippen molar-refractivity contribution in [2.24, 2.45) is 12.8 Å². The standard InChI is InChI=1S/C9H16N4O/c1-6-3-4-7(14-6)8(10)9-12-11-5-13(9)2/h5-8H,3-4,10H2,1-2H3. The van der Waals surface area contributed by atoms with Crippen LogP contribution in [0.15, 0.2) is 6.33 Å². The molecule has 0 aromatic carbocycles. The summed E-state index contributed by atoms with van der Waals surface area (Å²) in [5.74, 6) is 0.795. The molecule has 0 bridgehead atoms. The Hall–Kier alpha value is -0.940. The van der Waals surface area contributed by atoms with E-state index in [1.807, 2.05) is 11.6 Å². The molecular weight excluding hydrogens is 180 g/mol. The Bertz CT molecular complexity index is 312. The highest BCUT2D eigenvalue weighted by atomic mass is 16.5. The Morgan fingerprint density at radius 1 is 1.64 bits per heavy atom. The fraction of sp³-hybridized carbons (Fsp3) is 0.778. The first-order valence-electron chi connectivity index (χ1n) is 4.93. The molecule has 14 heavy (non-hydrogen) atoms. The molecule has 2 rings (SSSR count). The molecule has 0 aliphatic carbocycles. The largest absolute Gasteiger partial charge is 0.373 e. The summed E-state index contributed by atoms with van der Waals surface area (Å²) in [6.45, 7) is 2.07. The first-order chi connectivity index (χ1) is 6.68. The van der Waals surface area contributed by atoms with Gasteiger partial charge in [0.2, 0.25) is 0 Å². The summed E-state index contributed by atoms with van der Waals surface area (Å²) in [7, 11) is 1.90. The average Bonchev–Trinajstić information content (AvgIpc) is 2.73. The fourth-order valence-electron chi connectivity index (χ4n) is 1.86. The Kier molecular flexibility index (Phi) is 2.52. The van der Waals surface area contributed by atoms with Crippen LogP contribution in [0.25, 0.3) is 0 Å². The summed E-state index contributed by atoms with van der Waals surface area (Å²) in [6, 6.07) is -0.160. The fourth-order valence-corrected chi connectivity index (χ4v) is 1.86. The van der Waals surface area contributed by atoms with Crippen molar-refractivity contribution in [1.82, 2.24) is 14.8 Å². The zero-order chi connectivity index (χ0) is 10.1. The summed E-state index contributed by atoms with van der Waals surface area (Å²) in [5.41, 5.74) is 6.06. The van der Waals surface area contributed by atoms with Gasteiger partial charge in [-0.25, -0.2) is 0 Å². The van der Waals surface area contributed by atoms with Crippen molar-refractivity contribution in [1.29, 1.82) is 0 Å². The van der Waals surface area contributed by atoms with Gasteiger partial charge in [0.15, 0.2) is 5.82 Å². The van der Waals surface area contributed by atoms with Crippen molar-refractivity contribution >= 4 is 0 Å². The molecule has 5 heteroatoms. The summed E-state index contributed by atoms with van der Waals surface area (Å²) < 4.78 is 7.54. The molecule has 0 amide bonds. The van der Waals surface area contributed by atoms with Gasteiger partial charge >= 0.3 is 0 Å². The van der Waals surface area contributed by atoms with E-state index >= 15 is 0 Å². The summed E-state index contributed by atoms with van der Waals surface area (Å²) in [4.78, 5) is 0. The van der Waals surface area contributed by atoms with Gasteiger partial charge in [0.1, 0.15) is 6.33 Å². The first-order valence-corrected chi connectivity index (χ1v) is 4.93. The molecule has 78 valence electrons. The molecule has 0 spiro atoms. The zero-order valence-corrected chi connectivity index (χ0v) is 8.55. The van der Waals surface area contributed by atoms with E-state index < -0.39 is 0 Å². The first kappa shape index (κ1) is 9.61. The van der Waals surface area contributed by atoms with E-state index in [1.54, 1.807) is 6.33 Å². The lowest BCUT2D eigenvalue weighted by Gasteiger charge is -2.18. The van der Waals surface area contributed by atoms with Crippen molar-refractivity contribution in [3.63, 3.8) is 0 Å². The second kappa shape index (κ2) is 3.67. The molecule has 1 aliphatic rings. The number of aryl methyl sites for hydroxylation is 1. The van der Waals surface area contributed by atoms with E-state index in [9.17, 15) is 0 Å². The normalized spacial score (nSPS) is 29.4. The third-order valence-electron chi connectivity index (χ3n) is 2.71. The summed E-state index contributed by atoms with van der Waals surface area (Å²) in [5, 5.41) is 7.80. The molecule has 1 aromatic rings. The predicted octanol–water partition coefficient (Wildman–Crippen LogP) is 0.382. The molecule has 3 unspecified atom stereocenters. The van der Waals surface area contributed by atoms with Crippen LogP contribution in [0.5, 0.6) is 0 Å². The molecule has 1 saturated heterocycles. The number of ether oxygens (including phenoxy) is 1. The van der Waals surface area contributed by atoms with Gasteiger partial charge in [-0.1, -0.05) is 0 Å². The van der Waals surface area contributed by atoms with Crippen molar-refractivity contribution in [2.75, 3.05) is 0 Å². The molecule has 2 N–H and O–H groups in total. The minimum Gasteiger partial charge on any atom is -0.373 e. The Morgan fingerprint density at radius 3 is 2.93 bits per heavy atom. The van der Waals surface area contributed by atoms with Gasteiger partial charge in [0, 0.05) is 7.05 Å². The number of nitrogens with zero attached hydrogens (tertiary/aromatic N) is 3. The van der Waals surface area contributed by atoms with Crippen LogP contribution in [0.2, 0.25) is 0 Å². The van der Waals surface area contributed by atoms with Gasteiger partial charge in [0.25, 0.3) is 0 Å². The van der Waals surface area contributed by atoms with E-state index in [4.69, 9.17) is 10.5 Å². The SMILES string of the molecule is CC1CCC(C(N)c2nncn2C)O1. The van der Waals surface area contributed by atoms with Crippen LogP contribution in [0.3, 0.4) is 0 Å². The van der Waals surface area contributed by atoms with Crippen LogP contribution < -0.4 is 5.73 Å². The molecule has 1 aromatic heterocycles. The molecule has 1 aliphatic heterocycles. The summed E-state index contributed by atoms with van der Waals surface area (Å²) in [6.07, 6.45) is 4.16. The van der Waals surface area contributed by atoms with Gasteiger partial charge in [-0.3, -0.25) is 0 Å². The summed E-state index contributed by atoms with van der Waals surface area (Å²) >= 11 is 0. The van der Waals surface area contributed by atoms with Gasteiger partial charge < -0.3 is 15.0 Å². The van der Waals surface area contributed by atoms with Crippen LogP contribution in [0.4, 0.5) is 0 Å². The molecule has 5 nitrogen and oxygen atoms in total. The van der Waals surface area contributed by atoms with Gasteiger partial charge in [0.05, 0.1) is 18.2 Å². The van der Waals surface area contributed by atoms with Gasteiger partial charge in [-0.2, -0.15) is 0 Å². The highest BCUT2D eigenvalue weighted by molar-refractivity contribution is 4.98. The van der Waals surface area contributed by atoms with Crippen molar-refractivity contribution in [3.8, 4) is 0 Å². The molecule has 0 radical (unpaired) electrons. The van der Waals surface area contributed by atoms with Crippen molar-refractivity contribution in [2.45, 2.75) is 38.0 Å². The maximum Gasteiger partial charge on any atom is 0.152 e. The average molecular weight is 196 g/mol. The lowest BCUT2D eigenvalue weighted by molar-refractivity contribution is 0.0378. The van der Waals surface area contributed by atoms with Crippen LogP contribution in [-0.2, 0) is 11.8 Å². The lowest BCUT2D eigenvalue weighted by atomic mass is 10.1. The number of aromatic nitrogens is 3. The Labute approximate surface area is 83.3 Å². The quantitative estimate of drug-likeness (QED) is 0.742. The molecule has 3 atom stereocenters. The van der Waals surface area contributed by atoms with Crippen LogP contribution in [0.1, 0.15) is 31.6 Å². The number of hydrogen-bond donors (Lipinski definition) is 1. The van der Waals surface area contributed by atoms with E-state index in [1.165, 1.54) is 0 Å². The van der Waals surface area contributed by atoms with Crippen LogP contribution >= 0.6 is 0 Å². The van der Waals surface area contributed by atoms with E-state index in [0.29, 0.717) is 6.10 Å². The Morgan fingerprint density at radius 2 is 2.43 bits per heavy atom. The molecule has 2 heterocycles. The van der Waals surface area contributed by atoms with Crippen molar-refractivity contribution in [3.05, 3.63) is 12.2 Å². The minimum atomic E-state index is -0.160. The highest BCUT2D eigenvalue weighted by Crippen LogP contribution is 2.27. The number of nitrogens with two attached hydrogens (primary N) is 1. The second-order valence-electron chi connectivity index (χ2n) is 3.89. The lowest BCUT2D eigenvalue weighted by Crippen LogP contribution is -2.28. The van der Waals surface area contributed by atoms with Crippen LogP contribution in [0, 0.1) is 0 Å². The van der Waals surface area contributed by atoms with E-state index in [0.717, 1.165) is 18.7 Å². The highest BCUT2D eigenvalue weighted by Gasteiger charge is 2.30. The topological polar surface area (TPSA) is 66.0 Å². The predicted molar refractivity (Wildman–Crippen MR) is 51.5 cm³/mol. The second-order valence-corrected chi connectivity index (χ2v) is 3.89. The third-order valence-corrected chi connectivity index (χ3v) is 2.71. The number of rotatable bonds is 2. The van der Waals surface area contributed by atoms with Gasteiger partial charge in [-0.15, -0.1) is 10.2 Å². The van der Waals surface area contributed by atoms with E-state index in [2.05, 4.69) is 17.1 Å². The minimum absolute atomic E-state index is 0.0906. The maximum atomic E-state index is 6.06. The smallest absolute Gasteiger partial charge is 0.152 e. The molecule has 0 saturated carbocycles.